The molecule has 0 atom stereocenters. The number of nitrogens with one attached hydrogen (secondary N) is 2. The van der Waals surface area contributed by atoms with Crippen LogP contribution in [0, 0.1) is 0 Å². The predicted molar refractivity (Wildman–Crippen MR) is 115 cm³/mol. The standard InChI is InChI=1S/C17H20N4S.HI/c1-21(2,3)16-11-9-14(10-12-16)13-18-20-17(22)19-15-7-5-4-6-8-15;/h4-13H,1-3H3,(H-,19,20,22);1H/p+1/b18-13+;. The number of anilines is 1. The summed E-state index contributed by atoms with van der Waals surface area (Å²) in [4.78, 5) is 0. The van der Waals surface area contributed by atoms with E-state index >= 15 is 0 Å². The Hall–Kier alpha value is -1.51. The Morgan fingerprint density at radius 2 is 1.61 bits per heavy atom. The third-order valence-electron chi connectivity index (χ3n) is 3.08. The van der Waals surface area contributed by atoms with Crippen molar-refractivity contribution in [2.75, 3.05) is 26.5 Å². The molecule has 4 nitrogen and oxygen atoms in total. The van der Waals surface area contributed by atoms with Gasteiger partial charge in [0.25, 0.3) is 0 Å². The molecule has 0 fully saturated rings. The molecule has 2 rings (SSSR count). The van der Waals surface area contributed by atoms with Gasteiger partial charge in [0.2, 0.25) is 0 Å². The SMILES string of the molecule is C[N+](C)(C)c1ccc(/C=N/NC(=S)Nc2ccccc2)cc1.I. The van der Waals surface area contributed by atoms with Crippen LogP contribution in [0.15, 0.2) is 59.7 Å². The molecular weight excluding hydrogens is 419 g/mol. The average molecular weight is 441 g/mol. The Balaban J connectivity index is 0.00000264. The molecule has 23 heavy (non-hydrogen) atoms. The van der Waals surface area contributed by atoms with Crippen LogP contribution in [0.1, 0.15) is 5.56 Å². The number of hydrogen-bond acceptors (Lipinski definition) is 2. The summed E-state index contributed by atoms with van der Waals surface area (Å²) in [7, 11) is 6.41. The van der Waals surface area contributed by atoms with Gasteiger partial charge in [-0.1, -0.05) is 18.2 Å². The molecule has 0 aliphatic carbocycles. The number of rotatable bonds is 4. The Morgan fingerprint density at radius 1 is 1.00 bits per heavy atom. The Labute approximate surface area is 160 Å². The highest BCUT2D eigenvalue weighted by atomic mass is 127. The second-order valence-corrected chi connectivity index (χ2v) is 6.20. The highest BCUT2D eigenvalue weighted by Gasteiger charge is 2.10. The molecule has 0 unspecified atom stereocenters. The van der Waals surface area contributed by atoms with Gasteiger partial charge in [-0.3, -0.25) is 9.91 Å². The summed E-state index contributed by atoms with van der Waals surface area (Å²) < 4.78 is 0.792. The van der Waals surface area contributed by atoms with E-state index in [0.717, 1.165) is 15.7 Å². The first kappa shape index (κ1) is 19.5. The number of nitrogens with zero attached hydrogens (tertiary/aromatic N) is 2. The molecule has 0 aromatic heterocycles. The zero-order chi connectivity index (χ0) is 16.0. The largest absolute Gasteiger partial charge is 0.331 e. The van der Waals surface area contributed by atoms with Crippen molar-refractivity contribution in [2.24, 2.45) is 5.10 Å². The van der Waals surface area contributed by atoms with Gasteiger partial charge in [-0.2, -0.15) is 5.10 Å². The average Bonchev–Trinajstić information content (AvgIpc) is 2.48. The van der Waals surface area contributed by atoms with Crippen molar-refractivity contribution in [2.45, 2.75) is 0 Å². The summed E-state index contributed by atoms with van der Waals surface area (Å²) in [5, 5.41) is 7.67. The summed E-state index contributed by atoms with van der Waals surface area (Å²) in [5.41, 5.74) is 6.01. The lowest BCUT2D eigenvalue weighted by atomic mass is 10.2. The van der Waals surface area contributed by atoms with Crippen LogP contribution < -0.4 is 15.2 Å². The van der Waals surface area contributed by atoms with Crippen molar-refractivity contribution in [3.05, 3.63) is 60.2 Å². The molecule has 0 aliphatic heterocycles. The van der Waals surface area contributed by atoms with Gasteiger partial charge in [-0.05, 0) is 54.2 Å². The van der Waals surface area contributed by atoms with Crippen molar-refractivity contribution in [1.82, 2.24) is 9.91 Å². The number of quaternary nitrogens is 1. The fourth-order valence-corrected chi connectivity index (χ4v) is 2.02. The van der Waals surface area contributed by atoms with Crippen LogP contribution in [-0.4, -0.2) is 32.5 Å². The van der Waals surface area contributed by atoms with Crippen LogP contribution in [0.5, 0.6) is 0 Å². The molecule has 6 heteroatoms. The first-order valence-corrected chi connectivity index (χ1v) is 7.43. The quantitative estimate of drug-likeness (QED) is 0.249. The van der Waals surface area contributed by atoms with Crippen LogP contribution in [0.3, 0.4) is 0 Å². The number of para-hydroxylation sites is 1. The third kappa shape index (κ3) is 6.64. The van der Waals surface area contributed by atoms with Gasteiger partial charge < -0.3 is 5.32 Å². The molecule has 0 spiro atoms. The lowest BCUT2D eigenvalue weighted by Crippen LogP contribution is -2.34. The van der Waals surface area contributed by atoms with E-state index in [1.807, 2.05) is 42.5 Å². The third-order valence-corrected chi connectivity index (χ3v) is 3.27. The predicted octanol–water partition coefficient (Wildman–Crippen LogP) is 3.82. The molecule has 0 aliphatic rings. The van der Waals surface area contributed by atoms with Crippen LogP contribution in [0.25, 0.3) is 0 Å². The first-order chi connectivity index (χ1) is 10.4. The molecule has 0 bridgehead atoms. The fraction of sp³-hybridized carbons (Fsp3) is 0.176. The van der Waals surface area contributed by atoms with E-state index in [9.17, 15) is 0 Å². The molecular formula is C17H22IN4S+. The molecule has 0 heterocycles. The van der Waals surface area contributed by atoms with Crippen molar-refractivity contribution in [3.63, 3.8) is 0 Å². The molecule has 0 saturated heterocycles. The van der Waals surface area contributed by atoms with E-state index in [1.54, 1.807) is 6.21 Å². The van der Waals surface area contributed by atoms with Crippen LogP contribution in [-0.2, 0) is 0 Å². The van der Waals surface area contributed by atoms with Gasteiger partial charge in [0.05, 0.1) is 27.4 Å². The smallest absolute Gasteiger partial charge is 0.191 e. The van der Waals surface area contributed by atoms with Gasteiger partial charge in [-0.15, -0.1) is 24.0 Å². The lowest BCUT2D eigenvalue weighted by molar-refractivity contribution is 0.486. The van der Waals surface area contributed by atoms with Gasteiger partial charge in [-0.25, -0.2) is 0 Å². The maximum Gasteiger partial charge on any atom is 0.191 e. The van der Waals surface area contributed by atoms with Gasteiger partial charge in [0, 0.05) is 5.69 Å². The highest BCUT2D eigenvalue weighted by molar-refractivity contribution is 14.0. The van der Waals surface area contributed by atoms with Crippen molar-refractivity contribution >= 4 is 58.9 Å². The van der Waals surface area contributed by atoms with Crippen LogP contribution in [0.4, 0.5) is 11.4 Å². The van der Waals surface area contributed by atoms with Crippen molar-refractivity contribution in [3.8, 4) is 0 Å². The monoisotopic (exact) mass is 441 g/mol. The molecule has 0 radical (unpaired) electrons. The fourth-order valence-electron chi connectivity index (χ4n) is 1.85. The zero-order valence-corrected chi connectivity index (χ0v) is 16.6. The second-order valence-electron chi connectivity index (χ2n) is 5.79. The Morgan fingerprint density at radius 3 is 2.17 bits per heavy atom. The van der Waals surface area contributed by atoms with Gasteiger partial charge in [0.1, 0.15) is 5.69 Å². The van der Waals surface area contributed by atoms with E-state index in [2.05, 4.69) is 49.1 Å². The maximum atomic E-state index is 5.18. The van der Waals surface area contributed by atoms with Crippen LogP contribution >= 0.6 is 36.2 Å². The Bertz CT molecular complexity index is 649. The summed E-state index contributed by atoms with van der Waals surface area (Å²) >= 11 is 5.18. The summed E-state index contributed by atoms with van der Waals surface area (Å²) in [6.45, 7) is 0. The Kier molecular flexibility index (Phi) is 7.60. The lowest BCUT2D eigenvalue weighted by Gasteiger charge is -2.23. The second kappa shape index (κ2) is 8.95. The first-order valence-electron chi connectivity index (χ1n) is 7.02. The van der Waals surface area contributed by atoms with E-state index in [0.29, 0.717) is 5.11 Å². The molecule has 0 amide bonds. The molecule has 2 aromatic carbocycles. The number of hydrazone groups is 1. The van der Waals surface area contributed by atoms with E-state index in [1.165, 1.54) is 5.69 Å². The summed E-state index contributed by atoms with van der Waals surface area (Å²) in [5.74, 6) is 0. The number of halogens is 1. The number of benzene rings is 2. The van der Waals surface area contributed by atoms with E-state index in [-0.39, 0.29) is 24.0 Å². The zero-order valence-electron chi connectivity index (χ0n) is 13.5. The molecule has 2 N–H and O–H groups in total. The summed E-state index contributed by atoms with van der Waals surface area (Å²) in [6.07, 6.45) is 1.75. The van der Waals surface area contributed by atoms with Gasteiger partial charge >= 0.3 is 0 Å². The molecule has 0 saturated carbocycles. The molecule has 2 aromatic rings. The number of hydrogen-bond donors (Lipinski definition) is 2. The highest BCUT2D eigenvalue weighted by Crippen LogP contribution is 2.16. The normalized spacial score (nSPS) is 10.9. The topological polar surface area (TPSA) is 36.4 Å². The molecule has 122 valence electrons. The van der Waals surface area contributed by atoms with Gasteiger partial charge in [0.15, 0.2) is 5.11 Å². The van der Waals surface area contributed by atoms with Crippen molar-refractivity contribution < 1.29 is 0 Å². The van der Waals surface area contributed by atoms with Crippen LogP contribution in [0.2, 0.25) is 0 Å². The number of thiocarbonyl (C=S) groups is 1. The van der Waals surface area contributed by atoms with Crippen molar-refractivity contribution in [1.29, 1.82) is 0 Å². The minimum Gasteiger partial charge on any atom is -0.331 e. The maximum absolute atomic E-state index is 5.18. The minimum atomic E-state index is 0. The summed E-state index contributed by atoms with van der Waals surface area (Å²) in [6, 6.07) is 18.0. The van der Waals surface area contributed by atoms with E-state index in [4.69, 9.17) is 12.2 Å². The van der Waals surface area contributed by atoms with E-state index < -0.39 is 0 Å². The minimum absolute atomic E-state index is 0.